The van der Waals surface area contributed by atoms with E-state index >= 15 is 0 Å². The van der Waals surface area contributed by atoms with Crippen LogP contribution in [0.2, 0.25) is 0 Å². The van der Waals surface area contributed by atoms with Gasteiger partial charge < -0.3 is 44.0 Å². The molecule has 0 aliphatic heterocycles. The van der Waals surface area contributed by atoms with Gasteiger partial charge in [0.2, 0.25) is 35.4 Å². The molecule has 0 saturated heterocycles. The minimum absolute atomic E-state index is 0.316. The van der Waals surface area contributed by atoms with Crippen LogP contribution in [0.3, 0.4) is 0 Å². The summed E-state index contributed by atoms with van der Waals surface area (Å²) in [5.41, 5.74) is 20.2. The molecule has 0 heterocycles. The highest BCUT2D eigenvalue weighted by Gasteiger charge is 2.30. The number of hydrogen-bond acceptors (Lipinski definition) is 8. The van der Waals surface area contributed by atoms with Gasteiger partial charge in [-0.15, -0.1) is 0 Å². The molecule has 31 heavy (non-hydrogen) atoms. The molecule has 15 heteroatoms. The molecule has 15 nitrogen and oxygen atoms in total. The van der Waals surface area contributed by atoms with Crippen molar-refractivity contribution in [3.63, 3.8) is 0 Å². The Labute approximate surface area is 176 Å². The van der Waals surface area contributed by atoms with E-state index in [0.29, 0.717) is 0 Å². The summed E-state index contributed by atoms with van der Waals surface area (Å²) in [7, 11) is 0. The minimum Gasteiger partial charge on any atom is -0.480 e. The summed E-state index contributed by atoms with van der Waals surface area (Å²) in [6, 6.07) is -4.44. The molecular formula is C16H27N7O8. The first kappa shape index (κ1) is 27.2. The lowest BCUT2D eigenvalue weighted by atomic mass is 10.1. The van der Waals surface area contributed by atoms with Gasteiger partial charge in [-0.25, -0.2) is 4.79 Å². The van der Waals surface area contributed by atoms with Crippen LogP contribution in [0, 0.1) is 0 Å². The van der Waals surface area contributed by atoms with E-state index < -0.39 is 72.5 Å². The molecule has 6 amide bonds. The van der Waals surface area contributed by atoms with Gasteiger partial charge in [0.1, 0.15) is 18.1 Å². The lowest BCUT2D eigenvalue weighted by Crippen LogP contribution is -2.57. The third-order valence-corrected chi connectivity index (χ3v) is 3.85. The van der Waals surface area contributed by atoms with Crippen LogP contribution in [0.25, 0.3) is 0 Å². The van der Waals surface area contributed by atoms with E-state index in [1.54, 1.807) is 0 Å². The molecule has 0 radical (unpaired) electrons. The molecule has 0 aromatic heterocycles. The quantitative estimate of drug-likeness (QED) is 0.119. The zero-order chi connectivity index (χ0) is 24.1. The van der Waals surface area contributed by atoms with Gasteiger partial charge >= 0.3 is 5.97 Å². The van der Waals surface area contributed by atoms with Crippen molar-refractivity contribution in [1.29, 1.82) is 0 Å². The lowest BCUT2D eigenvalue weighted by molar-refractivity contribution is -0.143. The molecular weight excluding hydrogens is 418 g/mol. The standard InChI is InChI=1S/C16H27N7O8/c17-6-13(27)21-9(5-12(20)26)15(29)22-7(1-3-10(18)24)14(28)23-8(16(30)31)2-4-11(19)25/h7-9H,1-6,17H2,(H2,18,24)(H2,19,25)(H2,20,26)(H,21,27)(H,22,29)(H,23,28)(H,30,31). The number of carboxylic acid groups (broad SMARTS) is 1. The number of nitrogens with two attached hydrogens (primary N) is 4. The summed E-state index contributed by atoms with van der Waals surface area (Å²) < 4.78 is 0. The van der Waals surface area contributed by atoms with Gasteiger partial charge in [-0.05, 0) is 12.8 Å². The van der Waals surface area contributed by atoms with Gasteiger partial charge in [0.15, 0.2) is 0 Å². The summed E-state index contributed by atoms with van der Waals surface area (Å²) in [4.78, 5) is 80.9. The second-order valence-electron chi connectivity index (χ2n) is 6.47. The largest absolute Gasteiger partial charge is 0.480 e. The van der Waals surface area contributed by atoms with E-state index in [1.807, 2.05) is 0 Å². The highest BCUT2D eigenvalue weighted by atomic mass is 16.4. The van der Waals surface area contributed by atoms with Crippen molar-refractivity contribution in [1.82, 2.24) is 16.0 Å². The number of carbonyl (C=O) groups excluding carboxylic acids is 6. The Morgan fingerprint density at radius 1 is 0.677 bits per heavy atom. The molecule has 0 aliphatic carbocycles. The van der Waals surface area contributed by atoms with E-state index in [-0.39, 0.29) is 25.7 Å². The summed E-state index contributed by atoms with van der Waals surface area (Å²) >= 11 is 0. The molecule has 12 N–H and O–H groups in total. The Morgan fingerprint density at radius 2 is 1.13 bits per heavy atom. The van der Waals surface area contributed by atoms with Gasteiger partial charge in [0.05, 0.1) is 13.0 Å². The maximum absolute atomic E-state index is 12.5. The molecule has 0 spiro atoms. The third-order valence-electron chi connectivity index (χ3n) is 3.85. The highest BCUT2D eigenvalue weighted by Crippen LogP contribution is 2.04. The molecule has 0 saturated carbocycles. The van der Waals surface area contributed by atoms with E-state index in [4.69, 9.17) is 22.9 Å². The van der Waals surface area contributed by atoms with Gasteiger partial charge in [-0.2, -0.15) is 0 Å². The second kappa shape index (κ2) is 13.5. The normalized spacial score (nSPS) is 13.2. The van der Waals surface area contributed by atoms with Crippen molar-refractivity contribution in [2.45, 2.75) is 50.2 Å². The number of amides is 6. The number of carbonyl (C=O) groups is 7. The average Bonchev–Trinajstić information content (AvgIpc) is 2.66. The molecule has 3 unspecified atom stereocenters. The summed E-state index contributed by atoms with van der Waals surface area (Å²) in [5.74, 6) is -6.78. The van der Waals surface area contributed by atoms with Gasteiger partial charge in [0, 0.05) is 12.8 Å². The van der Waals surface area contributed by atoms with Crippen molar-refractivity contribution >= 4 is 41.4 Å². The van der Waals surface area contributed by atoms with Crippen LogP contribution in [-0.4, -0.2) is 71.2 Å². The van der Waals surface area contributed by atoms with Crippen molar-refractivity contribution in [3.8, 4) is 0 Å². The molecule has 0 bridgehead atoms. The van der Waals surface area contributed by atoms with Crippen LogP contribution in [-0.2, 0) is 33.6 Å². The van der Waals surface area contributed by atoms with Crippen LogP contribution < -0.4 is 38.9 Å². The Bertz CT molecular complexity index is 727. The van der Waals surface area contributed by atoms with Crippen LogP contribution in [0.15, 0.2) is 0 Å². The Hall–Kier alpha value is -3.75. The predicted octanol–water partition coefficient (Wildman–Crippen LogP) is -5.11. The minimum atomic E-state index is -1.51. The average molecular weight is 445 g/mol. The van der Waals surface area contributed by atoms with Crippen molar-refractivity contribution < 1.29 is 38.7 Å². The van der Waals surface area contributed by atoms with Crippen LogP contribution >= 0.6 is 0 Å². The van der Waals surface area contributed by atoms with Gasteiger partial charge in [0.25, 0.3) is 0 Å². The molecule has 0 rings (SSSR count). The fourth-order valence-corrected chi connectivity index (χ4v) is 2.31. The summed E-state index contributed by atoms with van der Waals surface area (Å²) in [5, 5.41) is 15.7. The van der Waals surface area contributed by atoms with Gasteiger partial charge in [-0.3, -0.25) is 28.8 Å². The number of primary amides is 3. The van der Waals surface area contributed by atoms with E-state index in [0.717, 1.165) is 0 Å². The van der Waals surface area contributed by atoms with Gasteiger partial charge in [-0.1, -0.05) is 0 Å². The van der Waals surface area contributed by atoms with E-state index in [1.165, 1.54) is 0 Å². The maximum atomic E-state index is 12.5. The number of nitrogens with one attached hydrogen (secondary N) is 3. The van der Waals surface area contributed by atoms with Crippen LogP contribution in [0.1, 0.15) is 32.1 Å². The number of rotatable bonds is 15. The Kier molecular flexibility index (Phi) is 11.8. The Balaban J connectivity index is 5.46. The molecule has 0 aromatic carbocycles. The van der Waals surface area contributed by atoms with Crippen LogP contribution in [0.4, 0.5) is 0 Å². The number of carboxylic acids is 1. The Morgan fingerprint density at radius 3 is 1.55 bits per heavy atom. The fraction of sp³-hybridized carbons (Fsp3) is 0.562. The van der Waals surface area contributed by atoms with E-state index in [9.17, 15) is 38.7 Å². The smallest absolute Gasteiger partial charge is 0.326 e. The highest BCUT2D eigenvalue weighted by molar-refractivity contribution is 5.95. The maximum Gasteiger partial charge on any atom is 0.326 e. The second-order valence-corrected chi connectivity index (χ2v) is 6.47. The van der Waals surface area contributed by atoms with Crippen LogP contribution in [0.5, 0.6) is 0 Å². The first-order valence-electron chi connectivity index (χ1n) is 9.05. The number of hydrogen-bond donors (Lipinski definition) is 8. The summed E-state index contributed by atoms with van der Waals surface area (Å²) in [6.07, 6.45) is -1.93. The van der Waals surface area contributed by atoms with Crippen molar-refractivity contribution in [2.75, 3.05) is 6.54 Å². The molecule has 3 atom stereocenters. The third kappa shape index (κ3) is 11.7. The zero-order valence-corrected chi connectivity index (χ0v) is 16.6. The molecule has 0 fully saturated rings. The van der Waals surface area contributed by atoms with Crippen molar-refractivity contribution in [2.24, 2.45) is 22.9 Å². The first-order valence-corrected chi connectivity index (χ1v) is 9.05. The monoisotopic (exact) mass is 445 g/mol. The topological polar surface area (TPSA) is 280 Å². The molecule has 0 aromatic rings. The SMILES string of the molecule is NCC(=O)NC(CC(N)=O)C(=O)NC(CCC(N)=O)C(=O)NC(CCC(N)=O)C(=O)O. The summed E-state index contributed by atoms with van der Waals surface area (Å²) in [6.45, 7) is -0.492. The number of aliphatic carboxylic acids is 1. The van der Waals surface area contributed by atoms with E-state index in [2.05, 4.69) is 16.0 Å². The fourth-order valence-electron chi connectivity index (χ4n) is 2.31. The first-order chi connectivity index (χ1) is 14.4. The molecule has 174 valence electrons. The molecule has 0 aliphatic rings. The zero-order valence-electron chi connectivity index (χ0n) is 16.6. The lowest BCUT2D eigenvalue weighted by Gasteiger charge is -2.23. The van der Waals surface area contributed by atoms with Crippen molar-refractivity contribution in [3.05, 3.63) is 0 Å². The predicted molar refractivity (Wildman–Crippen MR) is 103 cm³/mol.